The number of aromatic amines is 1. The van der Waals surface area contributed by atoms with Crippen LogP contribution >= 0.6 is 0 Å². The van der Waals surface area contributed by atoms with E-state index in [0.717, 1.165) is 36.2 Å². The van der Waals surface area contributed by atoms with E-state index in [0.29, 0.717) is 12.4 Å². The molecule has 0 bridgehead atoms. The first-order valence-electron chi connectivity index (χ1n) is 7.79. The zero-order valence-corrected chi connectivity index (χ0v) is 13.3. The van der Waals surface area contributed by atoms with Crippen LogP contribution in [0.5, 0.6) is 0 Å². The maximum atomic E-state index is 11.4. The van der Waals surface area contributed by atoms with Crippen LogP contribution in [0.2, 0.25) is 0 Å². The second-order valence-electron chi connectivity index (χ2n) is 5.50. The summed E-state index contributed by atoms with van der Waals surface area (Å²) >= 11 is 0. The van der Waals surface area contributed by atoms with Crippen LogP contribution < -0.4 is 0 Å². The van der Waals surface area contributed by atoms with Crippen molar-refractivity contribution in [1.29, 1.82) is 0 Å². The second kappa shape index (κ2) is 7.03. The summed E-state index contributed by atoms with van der Waals surface area (Å²) in [6.45, 7) is 2.57. The molecule has 0 aliphatic heterocycles. The molecule has 0 aliphatic carbocycles. The number of aryl methyl sites for hydroxylation is 1. The Hall–Kier alpha value is -3.03. The van der Waals surface area contributed by atoms with Crippen LogP contribution in [-0.2, 0) is 13.0 Å². The molecule has 0 radical (unpaired) electrons. The molecular weight excluding hydrogens is 308 g/mol. The average molecular weight is 326 g/mol. The van der Waals surface area contributed by atoms with E-state index in [4.69, 9.17) is 0 Å². The minimum absolute atomic E-state index is 0.213. The maximum absolute atomic E-state index is 11.4. The van der Waals surface area contributed by atoms with E-state index in [1.807, 2.05) is 24.3 Å². The Balaban J connectivity index is 1.84. The molecule has 2 N–H and O–H groups in total. The van der Waals surface area contributed by atoms with Crippen LogP contribution in [0.15, 0.2) is 30.5 Å². The zero-order chi connectivity index (χ0) is 16.9. The molecule has 0 spiro atoms. The number of carbonyl (C=O) groups is 1. The number of nitrogens with one attached hydrogen (secondary N) is 1. The van der Waals surface area contributed by atoms with E-state index in [1.165, 1.54) is 6.20 Å². The number of aromatic carboxylic acids is 1. The van der Waals surface area contributed by atoms with Crippen molar-refractivity contribution in [3.63, 3.8) is 0 Å². The molecule has 0 aliphatic rings. The molecular formula is C16H18N6O2. The summed E-state index contributed by atoms with van der Waals surface area (Å²) in [6, 6.07) is 7.68. The first kappa shape index (κ1) is 15.9. The Morgan fingerprint density at radius 2 is 2.08 bits per heavy atom. The maximum Gasteiger partial charge on any atom is 0.354 e. The van der Waals surface area contributed by atoms with Crippen molar-refractivity contribution in [2.24, 2.45) is 0 Å². The van der Waals surface area contributed by atoms with E-state index in [2.05, 4.69) is 32.5 Å². The third-order valence-corrected chi connectivity index (χ3v) is 3.82. The third kappa shape index (κ3) is 3.32. The van der Waals surface area contributed by atoms with Gasteiger partial charge in [0.1, 0.15) is 11.5 Å². The van der Waals surface area contributed by atoms with Crippen LogP contribution in [0, 0.1) is 0 Å². The fourth-order valence-corrected chi connectivity index (χ4v) is 2.53. The highest BCUT2D eigenvalue weighted by atomic mass is 16.4. The predicted octanol–water partition coefficient (Wildman–Crippen LogP) is 2.15. The smallest absolute Gasteiger partial charge is 0.354 e. The first-order valence-corrected chi connectivity index (χ1v) is 7.79. The molecule has 2 aromatic heterocycles. The average Bonchev–Trinajstić information content (AvgIpc) is 3.24. The summed E-state index contributed by atoms with van der Waals surface area (Å²) in [4.78, 5) is 15.7. The summed E-state index contributed by atoms with van der Waals surface area (Å²) in [5.74, 6) is 0.436. The zero-order valence-electron chi connectivity index (χ0n) is 13.3. The predicted molar refractivity (Wildman–Crippen MR) is 86.5 cm³/mol. The number of rotatable bonds is 7. The lowest BCUT2D eigenvalue weighted by molar-refractivity contribution is 0.0685. The van der Waals surface area contributed by atoms with Gasteiger partial charge in [-0.3, -0.25) is 0 Å². The second-order valence-corrected chi connectivity index (χ2v) is 5.50. The summed E-state index contributed by atoms with van der Waals surface area (Å²) in [5.41, 5.74) is 2.08. The number of benzene rings is 1. The van der Waals surface area contributed by atoms with Gasteiger partial charge in [-0.1, -0.05) is 37.6 Å². The minimum Gasteiger partial charge on any atom is -0.477 e. The Morgan fingerprint density at radius 1 is 1.29 bits per heavy atom. The van der Waals surface area contributed by atoms with Crippen LogP contribution in [0.1, 0.15) is 41.6 Å². The molecule has 8 heteroatoms. The fraction of sp³-hybridized carbons (Fsp3) is 0.312. The van der Waals surface area contributed by atoms with E-state index in [-0.39, 0.29) is 5.69 Å². The molecule has 8 nitrogen and oxygen atoms in total. The van der Waals surface area contributed by atoms with Gasteiger partial charge in [-0.15, -0.1) is 5.10 Å². The van der Waals surface area contributed by atoms with Crippen molar-refractivity contribution < 1.29 is 9.90 Å². The number of carboxylic acids is 1. The Bertz CT molecular complexity index is 808. The molecule has 3 aromatic rings. The van der Waals surface area contributed by atoms with Gasteiger partial charge >= 0.3 is 5.97 Å². The molecule has 0 fully saturated rings. The van der Waals surface area contributed by atoms with Crippen molar-refractivity contribution >= 4 is 5.97 Å². The highest BCUT2D eigenvalue weighted by Crippen LogP contribution is 2.17. The van der Waals surface area contributed by atoms with Gasteiger partial charge in [0.15, 0.2) is 5.82 Å². The summed E-state index contributed by atoms with van der Waals surface area (Å²) < 4.78 is 1.77. The number of hydrogen-bond acceptors (Lipinski definition) is 5. The van der Waals surface area contributed by atoms with Gasteiger partial charge in [-0.25, -0.2) is 14.9 Å². The van der Waals surface area contributed by atoms with E-state index in [1.54, 1.807) is 4.57 Å². The standard InChI is InChI=1S/C16H18N6O2/c1-2-3-4-14-17-9-13(16(23)24)22(14)10-11-5-7-12(8-6-11)15-18-20-21-19-15/h5-9H,2-4,10H2,1H3,(H,23,24)(H,18,19,20,21). The lowest BCUT2D eigenvalue weighted by atomic mass is 10.1. The number of nitrogens with zero attached hydrogens (tertiary/aromatic N) is 5. The first-order chi connectivity index (χ1) is 11.7. The Kier molecular flexibility index (Phi) is 4.64. The molecule has 1 aromatic carbocycles. The van der Waals surface area contributed by atoms with Crippen molar-refractivity contribution in [3.05, 3.63) is 47.5 Å². The number of imidazole rings is 1. The lowest BCUT2D eigenvalue weighted by Gasteiger charge is -2.10. The van der Waals surface area contributed by atoms with Crippen LogP contribution in [0.3, 0.4) is 0 Å². The van der Waals surface area contributed by atoms with Crippen LogP contribution in [0.25, 0.3) is 11.4 Å². The normalized spacial score (nSPS) is 10.9. The molecule has 0 saturated carbocycles. The minimum atomic E-state index is -0.963. The number of tetrazole rings is 1. The van der Waals surface area contributed by atoms with E-state index < -0.39 is 5.97 Å². The SMILES string of the molecule is CCCCc1ncc(C(=O)O)n1Cc1ccc(-c2nnn[nH]2)cc1. The van der Waals surface area contributed by atoms with Crippen LogP contribution in [-0.4, -0.2) is 41.3 Å². The summed E-state index contributed by atoms with van der Waals surface area (Å²) in [6.07, 6.45) is 4.22. The van der Waals surface area contributed by atoms with Gasteiger partial charge in [0, 0.05) is 18.5 Å². The number of hydrogen-bond donors (Lipinski definition) is 2. The number of H-pyrrole nitrogens is 1. The molecule has 0 amide bonds. The third-order valence-electron chi connectivity index (χ3n) is 3.82. The van der Waals surface area contributed by atoms with Crippen molar-refractivity contribution in [1.82, 2.24) is 30.2 Å². The topological polar surface area (TPSA) is 110 Å². The van der Waals surface area contributed by atoms with Crippen molar-refractivity contribution in [3.8, 4) is 11.4 Å². The van der Waals surface area contributed by atoms with E-state index in [9.17, 15) is 9.90 Å². The molecule has 0 unspecified atom stereocenters. The van der Waals surface area contributed by atoms with Gasteiger partial charge in [-0.2, -0.15) is 0 Å². The van der Waals surface area contributed by atoms with Gasteiger partial charge in [0.05, 0.1) is 6.20 Å². The molecule has 0 atom stereocenters. The molecule has 2 heterocycles. The monoisotopic (exact) mass is 326 g/mol. The molecule has 24 heavy (non-hydrogen) atoms. The van der Waals surface area contributed by atoms with E-state index >= 15 is 0 Å². The number of carboxylic acid groups (broad SMARTS) is 1. The van der Waals surface area contributed by atoms with Crippen molar-refractivity contribution in [2.45, 2.75) is 32.7 Å². The lowest BCUT2D eigenvalue weighted by Crippen LogP contribution is -2.12. The number of unbranched alkanes of at least 4 members (excludes halogenated alkanes) is 1. The largest absolute Gasteiger partial charge is 0.477 e. The highest BCUT2D eigenvalue weighted by molar-refractivity contribution is 5.85. The summed E-state index contributed by atoms with van der Waals surface area (Å²) in [5, 5.41) is 23.1. The van der Waals surface area contributed by atoms with Gasteiger partial charge in [0.2, 0.25) is 0 Å². The van der Waals surface area contributed by atoms with Crippen LogP contribution in [0.4, 0.5) is 0 Å². The van der Waals surface area contributed by atoms with Gasteiger partial charge in [-0.05, 0) is 22.4 Å². The fourth-order valence-electron chi connectivity index (χ4n) is 2.53. The molecule has 124 valence electrons. The summed E-state index contributed by atoms with van der Waals surface area (Å²) in [7, 11) is 0. The van der Waals surface area contributed by atoms with Gasteiger partial charge < -0.3 is 9.67 Å². The Morgan fingerprint density at radius 3 is 2.71 bits per heavy atom. The highest BCUT2D eigenvalue weighted by Gasteiger charge is 2.15. The molecule has 0 saturated heterocycles. The Labute approximate surface area is 138 Å². The number of aromatic nitrogens is 6. The van der Waals surface area contributed by atoms with Crippen molar-refractivity contribution in [2.75, 3.05) is 0 Å². The van der Waals surface area contributed by atoms with Gasteiger partial charge in [0.25, 0.3) is 0 Å². The molecule has 3 rings (SSSR count). The quantitative estimate of drug-likeness (QED) is 0.688.